The molecule has 0 aromatic heterocycles. The molecule has 34 heavy (non-hydrogen) atoms. The number of nitrogens with zero attached hydrogens (tertiary/aromatic N) is 4. The van der Waals surface area contributed by atoms with E-state index in [1.165, 1.54) is 4.90 Å². The molecule has 1 fully saturated rings. The van der Waals surface area contributed by atoms with Crippen molar-refractivity contribution in [3.8, 4) is 11.8 Å². The number of benzene rings is 2. The zero-order valence-corrected chi connectivity index (χ0v) is 20.0. The Morgan fingerprint density at radius 3 is 2.15 bits per heavy atom. The summed E-state index contributed by atoms with van der Waals surface area (Å²) in [6.07, 6.45) is 0. The second-order valence-corrected chi connectivity index (χ2v) is 8.98. The third-order valence-corrected chi connectivity index (χ3v) is 6.18. The first-order valence-corrected chi connectivity index (χ1v) is 11.8. The molecule has 0 saturated carbocycles. The third-order valence-electron chi connectivity index (χ3n) is 6.18. The predicted octanol–water partition coefficient (Wildman–Crippen LogP) is 3.52. The van der Waals surface area contributed by atoms with Crippen molar-refractivity contribution in [2.24, 2.45) is 5.92 Å². The zero-order valence-electron chi connectivity index (χ0n) is 20.0. The fraction of sp³-hybridized carbons (Fsp3) is 0.370. The number of nitriles is 1. The van der Waals surface area contributed by atoms with Crippen molar-refractivity contribution in [3.05, 3.63) is 65.4 Å². The number of amides is 2. The average molecular weight is 459 g/mol. The van der Waals surface area contributed by atoms with E-state index in [1.54, 1.807) is 24.3 Å². The standard InChI is InChI=1S/C27H30N4O3/c1-4-29-13-15-30(16-14-29)25-24(21-7-11-23(12-8-21)34-18-19(2)3)26(32)31(27(25)33)22-9-5-20(17-28)6-10-22/h5-12,19H,4,13-16,18H2,1-3H3. The van der Waals surface area contributed by atoms with Gasteiger partial charge in [-0.15, -0.1) is 0 Å². The lowest BCUT2D eigenvalue weighted by Crippen LogP contribution is -2.47. The minimum atomic E-state index is -0.349. The van der Waals surface area contributed by atoms with Crippen LogP contribution in [0.4, 0.5) is 5.69 Å². The highest BCUT2D eigenvalue weighted by atomic mass is 16.5. The van der Waals surface area contributed by atoms with Crippen molar-refractivity contribution in [2.45, 2.75) is 20.8 Å². The summed E-state index contributed by atoms with van der Waals surface area (Å²) in [7, 11) is 0. The van der Waals surface area contributed by atoms with E-state index in [4.69, 9.17) is 10.00 Å². The van der Waals surface area contributed by atoms with E-state index in [2.05, 4.69) is 31.7 Å². The van der Waals surface area contributed by atoms with Crippen LogP contribution in [0.25, 0.3) is 5.57 Å². The first-order valence-electron chi connectivity index (χ1n) is 11.8. The van der Waals surface area contributed by atoms with Gasteiger partial charge in [0.2, 0.25) is 0 Å². The highest BCUT2D eigenvalue weighted by Gasteiger charge is 2.43. The zero-order chi connectivity index (χ0) is 24.2. The summed E-state index contributed by atoms with van der Waals surface area (Å²) in [5, 5.41) is 9.11. The number of piperazine rings is 1. The highest BCUT2D eigenvalue weighted by molar-refractivity contribution is 6.45. The minimum absolute atomic E-state index is 0.324. The number of carbonyl (C=O) groups is 2. The monoisotopic (exact) mass is 458 g/mol. The van der Waals surface area contributed by atoms with E-state index in [-0.39, 0.29) is 11.8 Å². The number of ether oxygens (including phenoxy) is 1. The van der Waals surface area contributed by atoms with Gasteiger partial charge in [0.05, 0.1) is 29.5 Å². The Labute approximate surface area is 200 Å². The van der Waals surface area contributed by atoms with Gasteiger partial charge < -0.3 is 14.5 Å². The molecule has 0 aliphatic carbocycles. The molecular formula is C27H30N4O3. The largest absolute Gasteiger partial charge is 0.493 e. The van der Waals surface area contributed by atoms with E-state index in [0.29, 0.717) is 53.7 Å². The second-order valence-electron chi connectivity index (χ2n) is 8.98. The van der Waals surface area contributed by atoms with E-state index < -0.39 is 0 Å². The Morgan fingerprint density at radius 1 is 0.941 bits per heavy atom. The molecule has 1 saturated heterocycles. The maximum absolute atomic E-state index is 13.7. The maximum atomic E-state index is 13.7. The number of hydrogen-bond acceptors (Lipinski definition) is 6. The number of hydrogen-bond donors (Lipinski definition) is 0. The van der Waals surface area contributed by atoms with Gasteiger partial charge in [-0.2, -0.15) is 5.26 Å². The Bertz CT molecular complexity index is 1120. The molecule has 2 amide bonds. The van der Waals surface area contributed by atoms with Gasteiger partial charge >= 0.3 is 0 Å². The number of anilines is 1. The summed E-state index contributed by atoms with van der Waals surface area (Å²) in [5.41, 5.74) is 2.49. The summed E-state index contributed by atoms with van der Waals surface area (Å²) in [5.74, 6) is 0.468. The second kappa shape index (κ2) is 10.1. The van der Waals surface area contributed by atoms with Crippen LogP contribution in [-0.2, 0) is 9.59 Å². The molecule has 176 valence electrons. The van der Waals surface area contributed by atoms with Crippen LogP contribution in [0, 0.1) is 17.2 Å². The molecule has 2 aliphatic rings. The SMILES string of the molecule is CCN1CCN(C2=C(c3ccc(OCC(C)C)cc3)C(=O)N(c3ccc(C#N)cc3)C2=O)CC1. The van der Waals surface area contributed by atoms with Gasteiger partial charge in [-0.25, -0.2) is 4.90 Å². The third kappa shape index (κ3) is 4.68. The number of likely N-dealkylation sites (N-methyl/N-ethyl adjacent to an activating group) is 1. The van der Waals surface area contributed by atoms with E-state index >= 15 is 0 Å². The summed E-state index contributed by atoms with van der Waals surface area (Å²) in [6, 6.07) is 16.0. The molecule has 7 nitrogen and oxygen atoms in total. The topological polar surface area (TPSA) is 76.9 Å². The molecule has 0 bridgehead atoms. The Kier molecular flexibility index (Phi) is 6.99. The van der Waals surface area contributed by atoms with Crippen LogP contribution in [0.15, 0.2) is 54.2 Å². The van der Waals surface area contributed by atoms with Crippen molar-refractivity contribution >= 4 is 23.1 Å². The Hall–Kier alpha value is -3.63. The molecule has 0 unspecified atom stereocenters. The van der Waals surface area contributed by atoms with Crippen molar-refractivity contribution in [1.29, 1.82) is 5.26 Å². The van der Waals surface area contributed by atoms with Gasteiger partial charge in [-0.3, -0.25) is 9.59 Å². The van der Waals surface area contributed by atoms with Gasteiger partial charge in [0.1, 0.15) is 11.4 Å². The number of imide groups is 1. The van der Waals surface area contributed by atoms with Crippen LogP contribution >= 0.6 is 0 Å². The molecule has 2 heterocycles. The molecule has 0 spiro atoms. The first-order chi connectivity index (χ1) is 16.4. The number of carbonyl (C=O) groups excluding carboxylic acids is 2. The first kappa shape index (κ1) is 23.5. The van der Waals surface area contributed by atoms with Gasteiger partial charge in [0.25, 0.3) is 11.8 Å². The van der Waals surface area contributed by atoms with E-state index in [0.717, 1.165) is 25.4 Å². The van der Waals surface area contributed by atoms with E-state index in [1.807, 2.05) is 29.2 Å². The predicted molar refractivity (Wildman–Crippen MR) is 131 cm³/mol. The van der Waals surface area contributed by atoms with Crippen molar-refractivity contribution in [2.75, 3.05) is 44.2 Å². The maximum Gasteiger partial charge on any atom is 0.282 e. The average Bonchev–Trinajstić information content (AvgIpc) is 3.13. The van der Waals surface area contributed by atoms with Crippen LogP contribution in [0.5, 0.6) is 5.75 Å². The van der Waals surface area contributed by atoms with Crippen LogP contribution in [-0.4, -0.2) is 60.9 Å². The van der Waals surface area contributed by atoms with Gasteiger partial charge in [0, 0.05) is 26.2 Å². The molecule has 0 N–H and O–H groups in total. The Morgan fingerprint density at radius 2 is 1.59 bits per heavy atom. The normalized spacial score (nSPS) is 17.0. The lowest BCUT2D eigenvalue weighted by atomic mass is 10.0. The minimum Gasteiger partial charge on any atom is -0.493 e. The fourth-order valence-corrected chi connectivity index (χ4v) is 4.26. The fourth-order valence-electron chi connectivity index (χ4n) is 4.26. The molecule has 2 aromatic carbocycles. The molecule has 2 aromatic rings. The highest BCUT2D eigenvalue weighted by Crippen LogP contribution is 2.35. The number of rotatable bonds is 7. The Balaban J connectivity index is 1.70. The van der Waals surface area contributed by atoms with Crippen molar-refractivity contribution < 1.29 is 14.3 Å². The van der Waals surface area contributed by atoms with Crippen molar-refractivity contribution in [1.82, 2.24) is 9.80 Å². The van der Waals surface area contributed by atoms with E-state index in [9.17, 15) is 9.59 Å². The van der Waals surface area contributed by atoms with Gasteiger partial charge in [-0.1, -0.05) is 32.9 Å². The molecule has 4 rings (SSSR count). The molecule has 0 atom stereocenters. The van der Waals surface area contributed by atoms with Crippen LogP contribution in [0.1, 0.15) is 31.9 Å². The smallest absolute Gasteiger partial charge is 0.282 e. The summed E-state index contributed by atoms with van der Waals surface area (Å²) >= 11 is 0. The lowest BCUT2D eigenvalue weighted by Gasteiger charge is -2.36. The van der Waals surface area contributed by atoms with Crippen LogP contribution < -0.4 is 9.64 Å². The lowest BCUT2D eigenvalue weighted by molar-refractivity contribution is -0.120. The molecule has 0 radical (unpaired) electrons. The summed E-state index contributed by atoms with van der Waals surface area (Å²) < 4.78 is 5.79. The molecule has 7 heteroatoms. The summed E-state index contributed by atoms with van der Waals surface area (Å²) in [4.78, 5) is 32.9. The quantitative estimate of drug-likeness (QED) is 0.591. The molecular weight excluding hydrogens is 428 g/mol. The van der Waals surface area contributed by atoms with Crippen molar-refractivity contribution in [3.63, 3.8) is 0 Å². The van der Waals surface area contributed by atoms with Crippen LogP contribution in [0.2, 0.25) is 0 Å². The van der Waals surface area contributed by atoms with Gasteiger partial charge in [0.15, 0.2) is 0 Å². The van der Waals surface area contributed by atoms with Gasteiger partial charge in [-0.05, 0) is 54.4 Å². The van der Waals surface area contributed by atoms with Crippen LogP contribution in [0.3, 0.4) is 0 Å². The summed E-state index contributed by atoms with van der Waals surface area (Å²) in [6.45, 7) is 10.9. The molecule has 2 aliphatic heterocycles.